The highest BCUT2D eigenvalue weighted by Crippen LogP contribution is 2.15. The molecule has 0 fully saturated rings. The minimum absolute atomic E-state index is 0.0679. The lowest BCUT2D eigenvalue weighted by Gasteiger charge is -2.09. The van der Waals surface area contributed by atoms with Gasteiger partial charge in [-0.05, 0) is 61.4 Å². The van der Waals surface area contributed by atoms with Crippen LogP contribution in [0.2, 0.25) is 0 Å². The summed E-state index contributed by atoms with van der Waals surface area (Å²) in [7, 11) is -7.50. The van der Waals surface area contributed by atoms with Crippen LogP contribution in [-0.2, 0) is 24.8 Å². The number of carbonyl (C=O) groups excluding carboxylic acids is 1. The number of hydrogen-bond donors (Lipinski definition) is 3. The number of nitrogens with one attached hydrogen (secondary N) is 2. The van der Waals surface area contributed by atoms with Crippen molar-refractivity contribution in [3.8, 4) is 0 Å². The molecule has 0 aliphatic carbocycles. The summed E-state index contributed by atoms with van der Waals surface area (Å²) in [5.41, 5.74) is 2.23. The van der Waals surface area contributed by atoms with Crippen LogP contribution in [0.15, 0.2) is 52.3 Å². The van der Waals surface area contributed by atoms with Gasteiger partial charge in [0.2, 0.25) is 26.0 Å². The van der Waals surface area contributed by atoms with Crippen molar-refractivity contribution < 1.29 is 21.6 Å². The summed E-state index contributed by atoms with van der Waals surface area (Å²) in [6.45, 7) is 3.64. The maximum Gasteiger partial charge on any atom is 0.240 e. The predicted molar refractivity (Wildman–Crippen MR) is 102 cm³/mol. The van der Waals surface area contributed by atoms with Gasteiger partial charge in [0.05, 0.1) is 9.79 Å². The Morgan fingerprint density at radius 1 is 0.926 bits per heavy atom. The number of amides is 1. The molecule has 0 unspecified atom stereocenters. The van der Waals surface area contributed by atoms with E-state index in [2.05, 4.69) is 10.0 Å². The van der Waals surface area contributed by atoms with Gasteiger partial charge in [-0.1, -0.05) is 6.07 Å². The molecule has 0 saturated heterocycles. The largest absolute Gasteiger partial charge is 0.326 e. The van der Waals surface area contributed by atoms with Crippen molar-refractivity contribution in [3.05, 3.63) is 53.6 Å². The molecular weight excluding hydrogens is 390 g/mol. The molecule has 8 nitrogen and oxygen atoms in total. The lowest BCUT2D eigenvalue weighted by Crippen LogP contribution is -2.28. The molecule has 0 saturated carbocycles. The van der Waals surface area contributed by atoms with Gasteiger partial charge in [0.1, 0.15) is 0 Å². The Hall–Kier alpha value is -2.27. The van der Waals surface area contributed by atoms with Crippen LogP contribution in [0, 0.1) is 13.8 Å². The van der Waals surface area contributed by atoms with Gasteiger partial charge >= 0.3 is 0 Å². The van der Waals surface area contributed by atoms with Crippen LogP contribution in [0.4, 0.5) is 5.69 Å². The van der Waals surface area contributed by atoms with Crippen molar-refractivity contribution in [1.82, 2.24) is 4.72 Å². The van der Waals surface area contributed by atoms with Crippen molar-refractivity contribution in [1.29, 1.82) is 0 Å². The van der Waals surface area contributed by atoms with E-state index in [0.29, 0.717) is 5.69 Å². The van der Waals surface area contributed by atoms with Gasteiger partial charge in [-0.2, -0.15) is 0 Å². The molecule has 0 atom stereocenters. The second-order valence-electron chi connectivity index (χ2n) is 6.01. The third-order valence-electron chi connectivity index (χ3n) is 3.90. The number of primary sulfonamides is 1. The lowest BCUT2D eigenvalue weighted by atomic mass is 10.1. The molecule has 0 bridgehead atoms. The highest BCUT2D eigenvalue weighted by atomic mass is 32.2. The molecule has 0 aromatic heterocycles. The van der Waals surface area contributed by atoms with Crippen molar-refractivity contribution >= 4 is 31.6 Å². The van der Waals surface area contributed by atoms with Crippen LogP contribution < -0.4 is 15.2 Å². The number of rotatable bonds is 7. The van der Waals surface area contributed by atoms with E-state index >= 15 is 0 Å². The number of sulfonamides is 2. The summed E-state index contributed by atoms with van der Waals surface area (Å²) in [4.78, 5) is 12.0. The Labute approximate surface area is 158 Å². The second kappa shape index (κ2) is 8.17. The first kappa shape index (κ1) is 21.0. The molecule has 0 heterocycles. The number of carbonyl (C=O) groups is 1. The number of hydrogen-bond acceptors (Lipinski definition) is 5. The molecule has 27 heavy (non-hydrogen) atoms. The van der Waals surface area contributed by atoms with Crippen molar-refractivity contribution in [2.75, 3.05) is 11.9 Å². The Balaban J connectivity index is 1.91. The molecule has 2 aromatic carbocycles. The predicted octanol–water partition coefficient (Wildman–Crippen LogP) is 1.26. The zero-order chi connectivity index (χ0) is 20.2. The van der Waals surface area contributed by atoms with Gasteiger partial charge in [0.25, 0.3) is 0 Å². The van der Waals surface area contributed by atoms with Gasteiger partial charge in [0.15, 0.2) is 0 Å². The third kappa shape index (κ3) is 5.86. The quantitative estimate of drug-likeness (QED) is 0.630. The topological polar surface area (TPSA) is 135 Å². The van der Waals surface area contributed by atoms with Crippen LogP contribution in [-0.4, -0.2) is 29.3 Å². The fraction of sp³-hybridized carbons (Fsp3) is 0.235. The van der Waals surface area contributed by atoms with Crippen molar-refractivity contribution in [2.45, 2.75) is 30.1 Å². The van der Waals surface area contributed by atoms with E-state index < -0.39 is 26.0 Å². The summed E-state index contributed by atoms with van der Waals surface area (Å²) in [5.74, 6) is -0.416. The third-order valence-corrected chi connectivity index (χ3v) is 6.29. The summed E-state index contributed by atoms with van der Waals surface area (Å²) in [6, 6.07) is 10.2. The molecule has 0 spiro atoms. The van der Waals surface area contributed by atoms with E-state index in [-0.39, 0.29) is 22.8 Å². The van der Waals surface area contributed by atoms with Gasteiger partial charge in [-0.15, -0.1) is 0 Å². The average molecular weight is 412 g/mol. The Kier molecular flexibility index (Phi) is 6.37. The van der Waals surface area contributed by atoms with Gasteiger partial charge < -0.3 is 5.32 Å². The van der Waals surface area contributed by atoms with Gasteiger partial charge in [0, 0.05) is 18.7 Å². The lowest BCUT2D eigenvalue weighted by molar-refractivity contribution is -0.116. The molecule has 0 aliphatic rings. The summed E-state index contributed by atoms with van der Waals surface area (Å²) in [6.07, 6.45) is -0.0823. The van der Waals surface area contributed by atoms with Crippen LogP contribution in [0.5, 0.6) is 0 Å². The first-order chi connectivity index (χ1) is 12.5. The standard InChI is InChI=1S/C17H21N3O5S2/c1-12-3-6-16(11-13(12)2)27(24,25)19-10-9-17(21)20-14-4-7-15(8-5-14)26(18,22)23/h3-8,11,19H,9-10H2,1-2H3,(H,20,21)(H2,18,22,23). The molecule has 0 aliphatic heterocycles. The highest BCUT2D eigenvalue weighted by molar-refractivity contribution is 7.89. The van der Waals surface area contributed by atoms with E-state index in [4.69, 9.17) is 5.14 Å². The molecule has 2 rings (SSSR count). The zero-order valence-corrected chi connectivity index (χ0v) is 16.5. The summed E-state index contributed by atoms with van der Waals surface area (Å²) >= 11 is 0. The maximum atomic E-state index is 12.3. The van der Waals surface area contributed by atoms with E-state index in [0.717, 1.165) is 11.1 Å². The van der Waals surface area contributed by atoms with Crippen LogP contribution in [0.25, 0.3) is 0 Å². The molecular formula is C17H21N3O5S2. The van der Waals surface area contributed by atoms with Gasteiger partial charge in [-0.25, -0.2) is 26.7 Å². The molecule has 2 aromatic rings. The Morgan fingerprint density at radius 3 is 2.07 bits per heavy atom. The highest BCUT2D eigenvalue weighted by Gasteiger charge is 2.15. The maximum absolute atomic E-state index is 12.3. The molecule has 0 radical (unpaired) electrons. The normalized spacial score (nSPS) is 12.0. The first-order valence-electron chi connectivity index (χ1n) is 7.99. The fourth-order valence-corrected chi connectivity index (χ4v) is 3.85. The van der Waals surface area contributed by atoms with E-state index in [1.165, 1.54) is 30.3 Å². The molecule has 146 valence electrons. The SMILES string of the molecule is Cc1ccc(S(=O)(=O)NCCC(=O)Nc2ccc(S(N)(=O)=O)cc2)cc1C. The van der Waals surface area contributed by atoms with Crippen LogP contribution in [0.1, 0.15) is 17.5 Å². The number of benzene rings is 2. The monoisotopic (exact) mass is 411 g/mol. The van der Waals surface area contributed by atoms with E-state index in [1.54, 1.807) is 12.1 Å². The molecule has 1 amide bonds. The Morgan fingerprint density at radius 2 is 1.52 bits per heavy atom. The minimum atomic E-state index is -3.80. The van der Waals surface area contributed by atoms with Crippen molar-refractivity contribution in [2.24, 2.45) is 5.14 Å². The Bertz CT molecular complexity index is 1050. The first-order valence-corrected chi connectivity index (χ1v) is 11.0. The number of nitrogens with two attached hydrogens (primary N) is 1. The van der Waals surface area contributed by atoms with Crippen molar-refractivity contribution in [3.63, 3.8) is 0 Å². The van der Waals surface area contributed by atoms with E-state index in [9.17, 15) is 21.6 Å². The number of aryl methyl sites for hydroxylation is 2. The van der Waals surface area contributed by atoms with Crippen LogP contribution >= 0.6 is 0 Å². The van der Waals surface area contributed by atoms with E-state index in [1.807, 2.05) is 13.8 Å². The summed E-state index contributed by atoms with van der Waals surface area (Å²) < 4.78 is 49.3. The zero-order valence-electron chi connectivity index (χ0n) is 14.9. The number of anilines is 1. The van der Waals surface area contributed by atoms with Gasteiger partial charge in [-0.3, -0.25) is 4.79 Å². The second-order valence-corrected chi connectivity index (χ2v) is 9.34. The smallest absolute Gasteiger partial charge is 0.240 e. The summed E-state index contributed by atoms with van der Waals surface area (Å²) in [5, 5.41) is 7.55. The fourth-order valence-electron chi connectivity index (χ4n) is 2.21. The molecule has 4 N–H and O–H groups in total. The average Bonchev–Trinajstić information content (AvgIpc) is 2.56. The molecule has 10 heteroatoms. The van der Waals surface area contributed by atoms with Crippen LogP contribution in [0.3, 0.4) is 0 Å². The minimum Gasteiger partial charge on any atom is -0.326 e.